The van der Waals surface area contributed by atoms with E-state index in [0.29, 0.717) is 0 Å². The fraction of sp³-hybridized carbons (Fsp3) is 0.909. The van der Waals surface area contributed by atoms with Gasteiger partial charge in [0.05, 0.1) is 7.11 Å². The first-order valence-corrected chi connectivity index (χ1v) is 5.46. The van der Waals surface area contributed by atoms with E-state index in [4.69, 9.17) is 4.84 Å². The van der Waals surface area contributed by atoms with Gasteiger partial charge in [0.1, 0.15) is 0 Å². The van der Waals surface area contributed by atoms with Gasteiger partial charge in [-0.3, -0.25) is 9.63 Å². The molecule has 0 spiro atoms. The van der Waals surface area contributed by atoms with Crippen LogP contribution in [0.3, 0.4) is 0 Å². The third-order valence-electron chi connectivity index (χ3n) is 3.17. The molecule has 0 aromatic heterocycles. The van der Waals surface area contributed by atoms with Crippen LogP contribution in [0.2, 0.25) is 0 Å². The Balaban J connectivity index is 2.32. The lowest BCUT2D eigenvalue weighted by molar-refractivity contribution is -0.173. The molecule has 3 heteroatoms. The first-order chi connectivity index (χ1) is 6.65. The average Bonchev–Trinajstić information content (AvgIpc) is 2.68. The summed E-state index contributed by atoms with van der Waals surface area (Å²) in [6.45, 7) is 2.00. The Hall–Kier alpha value is -0.570. The topological polar surface area (TPSA) is 29.5 Å². The molecule has 1 atom stereocenters. The van der Waals surface area contributed by atoms with Crippen LogP contribution in [0, 0.1) is 11.8 Å². The Morgan fingerprint density at radius 3 is 2.57 bits per heavy atom. The number of rotatable bonds is 4. The highest BCUT2D eigenvalue weighted by Crippen LogP contribution is 2.30. The van der Waals surface area contributed by atoms with E-state index < -0.39 is 0 Å². The van der Waals surface area contributed by atoms with E-state index in [1.807, 2.05) is 6.92 Å². The van der Waals surface area contributed by atoms with Crippen molar-refractivity contribution in [1.82, 2.24) is 5.06 Å². The van der Waals surface area contributed by atoms with Crippen LogP contribution >= 0.6 is 0 Å². The van der Waals surface area contributed by atoms with Gasteiger partial charge in [0.25, 0.3) is 0 Å². The molecule has 0 aromatic carbocycles. The van der Waals surface area contributed by atoms with Crippen LogP contribution in [-0.2, 0) is 9.63 Å². The Kier molecular flexibility index (Phi) is 4.39. The highest BCUT2D eigenvalue weighted by atomic mass is 16.7. The molecule has 0 aliphatic heterocycles. The molecule has 3 nitrogen and oxygen atoms in total. The maximum atomic E-state index is 11.7. The molecule has 1 fully saturated rings. The number of hydrogen-bond donors (Lipinski definition) is 0. The van der Waals surface area contributed by atoms with Crippen LogP contribution in [0.1, 0.15) is 39.0 Å². The Labute approximate surface area is 86.4 Å². The fourth-order valence-electron chi connectivity index (χ4n) is 2.25. The lowest BCUT2D eigenvalue weighted by Gasteiger charge is -2.20. The van der Waals surface area contributed by atoms with Gasteiger partial charge in [-0.15, -0.1) is 0 Å². The van der Waals surface area contributed by atoms with E-state index in [9.17, 15) is 4.79 Å². The van der Waals surface area contributed by atoms with Crippen molar-refractivity contribution < 1.29 is 9.63 Å². The van der Waals surface area contributed by atoms with E-state index in [2.05, 4.69) is 0 Å². The summed E-state index contributed by atoms with van der Waals surface area (Å²) in [6, 6.07) is 0. The monoisotopic (exact) mass is 199 g/mol. The smallest absolute Gasteiger partial charge is 0.248 e. The molecule has 0 bridgehead atoms. The lowest BCUT2D eigenvalue weighted by atomic mass is 9.94. The van der Waals surface area contributed by atoms with Crippen LogP contribution in [0.25, 0.3) is 0 Å². The number of carbonyl (C=O) groups excluding carboxylic acids is 1. The molecule has 0 saturated heterocycles. The summed E-state index contributed by atoms with van der Waals surface area (Å²) in [5.74, 6) is 0.960. The summed E-state index contributed by atoms with van der Waals surface area (Å²) >= 11 is 0. The molecule has 1 aliphatic carbocycles. The molecule has 82 valence electrons. The van der Waals surface area contributed by atoms with E-state index in [0.717, 1.165) is 12.3 Å². The van der Waals surface area contributed by atoms with Crippen LogP contribution in [0.5, 0.6) is 0 Å². The number of amides is 1. The average molecular weight is 199 g/mol. The molecular weight excluding hydrogens is 178 g/mol. The lowest BCUT2D eigenvalue weighted by Crippen LogP contribution is -2.31. The van der Waals surface area contributed by atoms with Gasteiger partial charge >= 0.3 is 0 Å². The van der Waals surface area contributed by atoms with Gasteiger partial charge in [0.2, 0.25) is 5.91 Å². The highest BCUT2D eigenvalue weighted by molar-refractivity contribution is 5.77. The quantitative estimate of drug-likeness (QED) is 0.650. The predicted octanol–water partition coefficient (Wildman–Crippen LogP) is 2.22. The zero-order valence-corrected chi connectivity index (χ0v) is 9.45. The third-order valence-corrected chi connectivity index (χ3v) is 3.17. The largest absolute Gasteiger partial charge is 0.275 e. The van der Waals surface area contributed by atoms with E-state index in [-0.39, 0.29) is 11.8 Å². The molecule has 1 amide bonds. The summed E-state index contributed by atoms with van der Waals surface area (Å²) in [5.41, 5.74) is 0. The van der Waals surface area contributed by atoms with Crippen molar-refractivity contribution in [3.8, 4) is 0 Å². The second-order valence-electron chi connectivity index (χ2n) is 4.31. The van der Waals surface area contributed by atoms with Gasteiger partial charge in [-0.25, -0.2) is 5.06 Å². The van der Waals surface area contributed by atoms with Crippen LogP contribution in [-0.4, -0.2) is 25.1 Å². The molecule has 1 aliphatic rings. The fourth-order valence-corrected chi connectivity index (χ4v) is 2.25. The minimum Gasteiger partial charge on any atom is -0.275 e. The molecule has 0 N–H and O–H groups in total. The van der Waals surface area contributed by atoms with Crippen molar-refractivity contribution in [2.45, 2.75) is 39.0 Å². The first kappa shape index (κ1) is 11.5. The minimum absolute atomic E-state index is 0.0967. The second kappa shape index (κ2) is 5.35. The number of nitrogens with zero attached hydrogens (tertiary/aromatic N) is 1. The Morgan fingerprint density at radius 1 is 1.50 bits per heavy atom. The van der Waals surface area contributed by atoms with Gasteiger partial charge in [-0.2, -0.15) is 0 Å². The van der Waals surface area contributed by atoms with Gasteiger partial charge in [-0.05, 0) is 12.3 Å². The van der Waals surface area contributed by atoms with Gasteiger partial charge in [-0.1, -0.05) is 32.6 Å². The van der Waals surface area contributed by atoms with Gasteiger partial charge < -0.3 is 0 Å². The molecule has 0 unspecified atom stereocenters. The highest BCUT2D eigenvalue weighted by Gasteiger charge is 2.23. The van der Waals surface area contributed by atoms with Crippen molar-refractivity contribution in [3.63, 3.8) is 0 Å². The van der Waals surface area contributed by atoms with Crippen molar-refractivity contribution in [2.75, 3.05) is 14.2 Å². The van der Waals surface area contributed by atoms with Crippen molar-refractivity contribution >= 4 is 5.91 Å². The zero-order valence-electron chi connectivity index (χ0n) is 9.45. The van der Waals surface area contributed by atoms with Gasteiger partial charge in [0.15, 0.2) is 0 Å². The third kappa shape index (κ3) is 2.98. The molecule has 1 rings (SSSR count). The first-order valence-electron chi connectivity index (χ1n) is 5.46. The predicted molar refractivity (Wildman–Crippen MR) is 55.5 cm³/mol. The number of carbonyl (C=O) groups is 1. The molecule has 0 radical (unpaired) electrons. The SMILES string of the molecule is CON(C)C(=O)[C@@H](C)CC1CCCC1. The number of hydroxylamine groups is 2. The summed E-state index contributed by atoms with van der Waals surface area (Å²) in [7, 11) is 3.20. The van der Waals surface area contributed by atoms with Crippen molar-refractivity contribution in [2.24, 2.45) is 11.8 Å². The van der Waals surface area contributed by atoms with Crippen LogP contribution in [0.4, 0.5) is 0 Å². The zero-order chi connectivity index (χ0) is 10.6. The van der Waals surface area contributed by atoms with E-state index in [1.165, 1.54) is 37.9 Å². The summed E-state index contributed by atoms with van der Waals surface area (Å²) < 4.78 is 0. The molecule has 0 heterocycles. The standard InChI is InChI=1S/C11H21NO2/c1-9(11(13)12(2)14-3)8-10-6-4-5-7-10/h9-10H,4-8H2,1-3H3/t9-/m0/s1. The van der Waals surface area contributed by atoms with E-state index >= 15 is 0 Å². The maximum absolute atomic E-state index is 11.7. The normalized spacial score (nSPS) is 19.6. The van der Waals surface area contributed by atoms with E-state index in [1.54, 1.807) is 7.05 Å². The summed E-state index contributed by atoms with van der Waals surface area (Å²) in [4.78, 5) is 16.5. The molecule has 0 aromatic rings. The van der Waals surface area contributed by atoms with Crippen LogP contribution in [0.15, 0.2) is 0 Å². The molecule has 1 saturated carbocycles. The minimum atomic E-state index is 0.0967. The molecular formula is C11H21NO2. The summed E-state index contributed by atoms with van der Waals surface area (Å²) in [5, 5.41) is 1.33. The summed E-state index contributed by atoms with van der Waals surface area (Å²) in [6.07, 6.45) is 6.30. The molecule has 14 heavy (non-hydrogen) atoms. The van der Waals surface area contributed by atoms with Crippen molar-refractivity contribution in [1.29, 1.82) is 0 Å². The Bertz CT molecular complexity index is 188. The Morgan fingerprint density at radius 2 is 2.07 bits per heavy atom. The van der Waals surface area contributed by atoms with Crippen molar-refractivity contribution in [3.05, 3.63) is 0 Å². The van der Waals surface area contributed by atoms with Gasteiger partial charge in [0, 0.05) is 13.0 Å². The number of hydrogen-bond acceptors (Lipinski definition) is 2. The van der Waals surface area contributed by atoms with Crippen LogP contribution < -0.4 is 0 Å². The second-order valence-corrected chi connectivity index (χ2v) is 4.31. The maximum Gasteiger partial charge on any atom is 0.248 e.